The minimum Gasteiger partial charge on any atom is -0.381 e. The Morgan fingerprint density at radius 3 is 2.23 bits per heavy atom. The summed E-state index contributed by atoms with van der Waals surface area (Å²) in [5, 5.41) is 2.90. The Hall–Kier alpha value is -0.900. The van der Waals surface area contributed by atoms with Crippen molar-refractivity contribution in [2.24, 2.45) is 5.92 Å². The van der Waals surface area contributed by atoms with Gasteiger partial charge < -0.3 is 14.8 Å². The van der Waals surface area contributed by atoms with E-state index in [2.05, 4.69) is 19.2 Å². The van der Waals surface area contributed by atoms with E-state index in [0.29, 0.717) is 31.9 Å². The van der Waals surface area contributed by atoms with Crippen LogP contribution in [0, 0.1) is 5.92 Å². The van der Waals surface area contributed by atoms with E-state index in [1.807, 2.05) is 13.8 Å². The van der Waals surface area contributed by atoms with Gasteiger partial charge in [0.25, 0.3) is 0 Å². The lowest BCUT2D eigenvalue weighted by Gasteiger charge is -2.07. The third-order valence-electron chi connectivity index (χ3n) is 3.06. The normalized spacial score (nSPS) is 10.1. The quantitative estimate of drug-likeness (QED) is 0.520. The number of amides is 1. The molecule has 0 aromatic carbocycles. The highest BCUT2D eigenvalue weighted by Crippen LogP contribution is 2.01. The first-order valence-electron chi connectivity index (χ1n) is 8.86. The van der Waals surface area contributed by atoms with Crippen LogP contribution in [-0.2, 0) is 14.3 Å². The summed E-state index contributed by atoms with van der Waals surface area (Å²) in [6.45, 7) is 12.1. The van der Waals surface area contributed by atoms with Crippen LogP contribution in [0.15, 0.2) is 0 Å². The number of hydrogen-bond acceptors (Lipinski definition) is 3. The van der Waals surface area contributed by atoms with Crippen molar-refractivity contribution >= 4 is 11.7 Å². The molecular weight excluding hydrogens is 278 g/mol. The van der Waals surface area contributed by atoms with Gasteiger partial charge in [-0.15, -0.1) is 0 Å². The Balaban J connectivity index is 0. The summed E-state index contributed by atoms with van der Waals surface area (Å²) >= 11 is 0. The number of carbonyl (C=O) groups excluding carboxylic acids is 2. The van der Waals surface area contributed by atoms with Gasteiger partial charge in [0.2, 0.25) is 5.91 Å². The molecule has 0 radical (unpaired) electrons. The number of hydrogen-bond donors (Lipinski definition) is 1. The summed E-state index contributed by atoms with van der Waals surface area (Å²) < 4.78 is 5.46. The summed E-state index contributed by atoms with van der Waals surface area (Å²) in [6, 6.07) is 0. The van der Waals surface area contributed by atoms with Crippen molar-refractivity contribution in [2.75, 3.05) is 19.8 Å². The van der Waals surface area contributed by atoms with Crippen molar-refractivity contribution in [3.63, 3.8) is 0 Å². The second-order valence-electron chi connectivity index (χ2n) is 5.76. The van der Waals surface area contributed by atoms with Crippen LogP contribution in [0.5, 0.6) is 0 Å². The lowest BCUT2D eigenvalue weighted by molar-refractivity contribution is -0.121. The molecule has 132 valence electrons. The maximum Gasteiger partial charge on any atom is 0.220 e. The van der Waals surface area contributed by atoms with Crippen LogP contribution < -0.4 is 5.32 Å². The molecule has 0 unspecified atom stereocenters. The average Bonchev–Trinajstić information content (AvgIpc) is 2.48. The topological polar surface area (TPSA) is 55.4 Å². The molecule has 1 amide bonds. The summed E-state index contributed by atoms with van der Waals surface area (Å²) in [7, 11) is 0. The number of Topliss-reactive ketones (excluding diaryl/α,β-unsaturated/α-hetero) is 1. The Morgan fingerprint density at radius 2 is 1.64 bits per heavy atom. The van der Waals surface area contributed by atoms with Crippen molar-refractivity contribution in [1.29, 1.82) is 0 Å². The molecule has 0 heterocycles. The standard InChI is InChI=1S/C16H31NO3.C2H6/c1-14(2)10-13-20-12-7-9-16(19)17-11-6-4-5-8-15(3)18;1-2/h14H,4-13H2,1-3H3,(H,17,19);1-2H3. The van der Waals surface area contributed by atoms with E-state index in [1.165, 1.54) is 0 Å². The highest BCUT2D eigenvalue weighted by atomic mass is 16.5. The van der Waals surface area contributed by atoms with Crippen molar-refractivity contribution in [2.45, 2.75) is 79.6 Å². The van der Waals surface area contributed by atoms with Crippen molar-refractivity contribution in [1.82, 2.24) is 5.32 Å². The molecule has 0 fully saturated rings. The van der Waals surface area contributed by atoms with E-state index in [0.717, 1.165) is 38.7 Å². The summed E-state index contributed by atoms with van der Waals surface area (Å²) in [5.74, 6) is 1.01. The Labute approximate surface area is 137 Å². The first-order valence-corrected chi connectivity index (χ1v) is 8.86. The van der Waals surface area contributed by atoms with Gasteiger partial charge in [-0.3, -0.25) is 4.79 Å². The number of ketones is 1. The van der Waals surface area contributed by atoms with Crippen LogP contribution in [0.25, 0.3) is 0 Å². The van der Waals surface area contributed by atoms with Crippen LogP contribution in [-0.4, -0.2) is 31.4 Å². The number of unbranched alkanes of at least 4 members (excludes halogenated alkanes) is 2. The van der Waals surface area contributed by atoms with E-state index in [4.69, 9.17) is 4.74 Å². The zero-order valence-corrected chi connectivity index (χ0v) is 15.4. The van der Waals surface area contributed by atoms with E-state index in [9.17, 15) is 9.59 Å². The molecule has 22 heavy (non-hydrogen) atoms. The van der Waals surface area contributed by atoms with Crippen LogP contribution in [0.2, 0.25) is 0 Å². The molecule has 0 spiro atoms. The second kappa shape index (κ2) is 18.1. The molecule has 0 aliphatic carbocycles. The summed E-state index contributed by atoms with van der Waals surface area (Å²) in [6.07, 6.45) is 5.93. The smallest absolute Gasteiger partial charge is 0.220 e. The lowest BCUT2D eigenvalue weighted by Crippen LogP contribution is -2.24. The van der Waals surface area contributed by atoms with Gasteiger partial charge in [-0.05, 0) is 38.5 Å². The predicted octanol–water partition coefficient (Wildman–Crippen LogP) is 4.12. The molecule has 0 aromatic heterocycles. The first-order chi connectivity index (χ1) is 10.5. The first kappa shape index (κ1) is 23.4. The molecule has 0 bridgehead atoms. The van der Waals surface area contributed by atoms with E-state index >= 15 is 0 Å². The highest BCUT2D eigenvalue weighted by molar-refractivity contribution is 5.76. The second-order valence-corrected chi connectivity index (χ2v) is 5.76. The Kier molecular flexibility index (Phi) is 19.3. The highest BCUT2D eigenvalue weighted by Gasteiger charge is 2.01. The minimum absolute atomic E-state index is 0.101. The lowest BCUT2D eigenvalue weighted by atomic mass is 10.1. The van der Waals surface area contributed by atoms with E-state index in [-0.39, 0.29) is 11.7 Å². The number of nitrogens with one attached hydrogen (secondary N) is 1. The zero-order chi connectivity index (χ0) is 17.2. The average molecular weight is 315 g/mol. The minimum atomic E-state index is 0.101. The maximum absolute atomic E-state index is 11.5. The monoisotopic (exact) mass is 315 g/mol. The molecular formula is C18H37NO3. The Bertz CT molecular complexity index is 265. The van der Waals surface area contributed by atoms with Gasteiger partial charge in [0.15, 0.2) is 0 Å². The van der Waals surface area contributed by atoms with E-state index < -0.39 is 0 Å². The molecule has 0 atom stereocenters. The molecule has 0 aliphatic rings. The molecule has 4 heteroatoms. The fraction of sp³-hybridized carbons (Fsp3) is 0.889. The van der Waals surface area contributed by atoms with Gasteiger partial charge in [-0.2, -0.15) is 0 Å². The van der Waals surface area contributed by atoms with Crippen LogP contribution in [0.4, 0.5) is 0 Å². The molecule has 0 aliphatic heterocycles. The molecule has 0 rings (SSSR count). The van der Waals surface area contributed by atoms with Crippen LogP contribution in [0.3, 0.4) is 0 Å². The SMILES string of the molecule is CC.CC(=O)CCCCCNC(=O)CCCOCCC(C)C. The van der Waals surface area contributed by atoms with Crippen LogP contribution >= 0.6 is 0 Å². The molecule has 0 aromatic rings. The fourth-order valence-electron chi connectivity index (χ4n) is 1.75. The molecule has 4 nitrogen and oxygen atoms in total. The summed E-state index contributed by atoms with van der Waals surface area (Å²) in [4.78, 5) is 22.2. The molecule has 0 saturated heterocycles. The van der Waals surface area contributed by atoms with Gasteiger partial charge in [0, 0.05) is 32.6 Å². The van der Waals surface area contributed by atoms with Crippen molar-refractivity contribution < 1.29 is 14.3 Å². The Morgan fingerprint density at radius 1 is 0.955 bits per heavy atom. The van der Waals surface area contributed by atoms with Gasteiger partial charge in [-0.25, -0.2) is 0 Å². The molecule has 0 saturated carbocycles. The zero-order valence-electron chi connectivity index (χ0n) is 15.4. The van der Waals surface area contributed by atoms with Gasteiger partial charge in [-0.1, -0.05) is 34.1 Å². The predicted molar refractivity (Wildman–Crippen MR) is 93.0 cm³/mol. The number of carbonyl (C=O) groups is 2. The van der Waals surface area contributed by atoms with Gasteiger partial charge in [0.1, 0.15) is 5.78 Å². The molecule has 1 N–H and O–H groups in total. The fourth-order valence-corrected chi connectivity index (χ4v) is 1.75. The van der Waals surface area contributed by atoms with Crippen LogP contribution in [0.1, 0.15) is 79.6 Å². The number of ether oxygens (including phenoxy) is 1. The van der Waals surface area contributed by atoms with Gasteiger partial charge in [0.05, 0.1) is 0 Å². The maximum atomic E-state index is 11.5. The third-order valence-corrected chi connectivity index (χ3v) is 3.06. The van der Waals surface area contributed by atoms with Crippen molar-refractivity contribution in [3.05, 3.63) is 0 Å². The number of rotatable bonds is 13. The van der Waals surface area contributed by atoms with Gasteiger partial charge >= 0.3 is 0 Å². The third kappa shape index (κ3) is 21.4. The largest absolute Gasteiger partial charge is 0.381 e. The van der Waals surface area contributed by atoms with E-state index in [1.54, 1.807) is 6.92 Å². The summed E-state index contributed by atoms with van der Waals surface area (Å²) in [5.41, 5.74) is 0. The van der Waals surface area contributed by atoms with Crippen molar-refractivity contribution in [3.8, 4) is 0 Å².